The van der Waals surface area contributed by atoms with Gasteiger partial charge in [0.1, 0.15) is 5.70 Å². The van der Waals surface area contributed by atoms with Crippen molar-refractivity contribution in [2.45, 2.75) is 44.9 Å². The van der Waals surface area contributed by atoms with E-state index < -0.39 is 5.91 Å². The minimum Gasteiger partial charge on any atom is -0.325 e. The zero-order valence-electron chi connectivity index (χ0n) is 24.9. The Balaban J connectivity index is 1.47. The van der Waals surface area contributed by atoms with Gasteiger partial charge in [-0.1, -0.05) is 87.5 Å². The summed E-state index contributed by atoms with van der Waals surface area (Å²) in [6.45, 7) is 8.29. The molecular weight excluding hydrogens is 554 g/mol. The molecule has 4 aromatic rings. The first-order valence-corrected chi connectivity index (χ1v) is 15.3. The van der Waals surface area contributed by atoms with Crippen molar-refractivity contribution in [1.82, 2.24) is 5.32 Å². The van der Waals surface area contributed by atoms with Gasteiger partial charge in [0.25, 0.3) is 11.8 Å². The van der Waals surface area contributed by atoms with Crippen LogP contribution < -0.4 is 16.0 Å². The number of para-hydroxylation sites is 1. The highest BCUT2D eigenvalue weighted by molar-refractivity contribution is 8.00. The molecule has 0 aliphatic rings. The molecule has 0 heterocycles. The lowest BCUT2D eigenvalue weighted by Crippen LogP contribution is -2.30. The molecule has 0 aliphatic carbocycles. The molecule has 0 radical (unpaired) electrons. The van der Waals surface area contributed by atoms with Crippen LogP contribution in [0.4, 0.5) is 11.4 Å². The molecule has 0 bridgehead atoms. The summed E-state index contributed by atoms with van der Waals surface area (Å²) in [7, 11) is 0. The number of carbonyl (C=O) groups is 3. The van der Waals surface area contributed by atoms with E-state index >= 15 is 0 Å². The average molecular weight is 592 g/mol. The minimum absolute atomic E-state index is 0.0965. The van der Waals surface area contributed by atoms with Gasteiger partial charge in [-0.3, -0.25) is 14.4 Å². The van der Waals surface area contributed by atoms with Gasteiger partial charge in [0.15, 0.2) is 0 Å². The number of hydrogen-bond acceptors (Lipinski definition) is 4. The van der Waals surface area contributed by atoms with Crippen molar-refractivity contribution in [3.05, 3.63) is 131 Å². The maximum Gasteiger partial charge on any atom is 0.272 e. The molecule has 0 aromatic heterocycles. The molecule has 0 aliphatic heterocycles. The van der Waals surface area contributed by atoms with Gasteiger partial charge in [-0.25, -0.2) is 0 Å². The number of aryl methyl sites for hydroxylation is 2. The lowest BCUT2D eigenvalue weighted by Gasteiger charge is -2.13. The highest BCUT2D eigenvalue weighted by Gasteiger charge is 2.16. The molecule has 4 rings (SSSR count). The van der Waals surface area contributed by atoms with Crippen LogP contribution in [0.15, 0.2) is 108 Å². The maximum atomic E-state index is 13.5. The van der Waals surface area contributed by atoms with Crippen molar-refractivity contribution < 1.29 is 14.4 Å². The van der Waals surface area contributed by atoms with Crippen molar-refractivity contribution in [2.75, 3.05) is 16.4 Å². The van der Waals surface area contributed by atoms with E-state index in [4.69, 9.17) is 0 Å². The summed E-state index contributed by atoms with van der Waals surface area (Å²) in [5.41, 5.74) is 6.09. The second kappa shape index (κ2) is 15.0. The number of benzene rings is 4. The van der Waals surface area contributed by atoms with Gasteiger partial charge in [0, 0.05) is 21.8 Å². The first-order chi connectivity index (χ1) is 20.7. The molecule has 6 nitrogen and oxygen atoms in total. The topological polar surface area (TPSA) is 87.3 Å². The van der Waals surface area contributed by atoms with Crippen LogP contribution in [0.25, 0.3) is 6.08 Å². The molecule has 0 spiro atoms. The predicted molar refractivity (Wildman–Crippen MR) is 177 cm³/mol. The van der Waals surface area contributed by atoms with Gasteiger partial charge >= 0.3 is 0 Å². The highest BCUT2D eigenvalue weighted by Crippen LogP contribution is 2.25. The quantitative estimate of drug-likeness (QED) is 0.123. The normalized spacial score (nSPS) is 11.2. The van der Waals surface area contributed by atoms with Crippen LogP contribution in [-0.2, 0) is 16.0 Å². The highest BCUT2D eigenvalue weighted by atomic mass is 32.2. The van der Waals surface area contributed by atoms with Crippen LogP contribution >= 0.6 is 11.8 Å². The Bertz CT molecular complexity index is 1610. The standard InChI is InChI=1S/C36H37N3O3S/c1-5-27-14-9-11-25(4)34(27)39-33(40)23-43-31-16-10-15-30(22-31)37-36(42)32(38-35(41)29-12-7-6-8-13-29)21-26-17-19-28(20-18-26)24(2)3/h6-22,24H,5,23H2,1-4H3,(H,37,42)(H,38,41)(H,39,40)/b32-21+. The molecular formula is C36H37N3O3S. The Morgan fingerprint density at radius 2 is 1.56 bits per heavy atom. The number of nitrogens with one attached hydrogen (secondary N) is 3. The van der Waals surface area contributed by atoms with Gasteiger partial charge in [0.05, 0.1) is 5.75 Å². The summed E-state index contributed by atoms with van der Waals surface area (Å²) in [5, 5.41) is 8.74. The second-order valence-corrected chi connectivity index (χ2v) is 11.5. The van der Waals surface area contributed by atoms with E-state index in [0.717, 1.165) is 33.7 Å². The molecule has 7 heteroatoms. The molecule has 0 atom stereocenters. The molecule has 220 valence electrons. The Morgan fingerprint density at radius 1 is 0.837 bits per heavy atom. The number of amides is 3. The van der Waals surface area contributed by atoms with E-state index in [1.807, 2.05) is 73.7 Å². The summed E-state index contributed by atoms with van der Waals surface area (Å²) < 4.78 is 0. The van der Waals surface area contributed by atoms with Crippen molar-refractivity contribution >= 4 is 46.9 Å². The molecule has 0 saturated heterocycles. The lowest BCUT2D eigenvalue weighted by atomic mass is 10.0. The lowest BCUT2D eigenvalue weighted by molar-refractivity contribution is -0.114. The molecule has 0 fully saturated rings. The Kier molecular flexibility index (Phi) is 10.9. The largest absolute Gasteiger partial charge is 0.325 e. The number of rotatable bonds is 11. The van der Waals surface area contributed by atoms with Gasteiger partial charge in [-0.05, 0) is 77.9 Å². The minimum atomic E-state index is -0.455. The van der Waals surface area contributed by atoms with Crippen LogP contribution in [0.1, 0.15) is 59.3 Å². The number of hydrogen-bond donors (Lipinski definition) is 3. The van der Waals surface area contributed by atoms with E-state index in [1.165, 1.54) is 17.3 Å². The molecule has 0 saturated carbocycles. The van der Waals surface area contributed by atoms with Crippen LogP contribution in [0, 0.1) is 6.92 Å². The molecule has 3 N–H and O–H groups in total. The summed E-state index contributed by atoms with van der Waals surface area (Å²) in [6, 6.07) is 30.0. The maximum absolute atomic E-state index is 13.5. The fourth-order valence-corrected chi connectivity index (χ4v) is 5.23. The van der Waals surface area contributed by atoms with E-state index in [1.54, 1.807) is 36.4 Å². The number of anilines is 2. The van der Waals surface area contributed by atoms with Gasteiger partial charge in [0.2, 0.25) is 5.91 Å². The van der Waals surface area contributed by atoms with Crippen molar-refractivity contribution in [1.29, 1.82) is 0 Å². The Labute approximate surface area is 258 Å². The SMILES string of the molecule is CCc1cccc(C)c1NC(=O)CSc1cccc(NC(=O)/C(=C\c2ccc(C(C)C)cc2)NC(=O)c2ccccc2)c1. The number of thioether (sulfide) groups is 1. The molecule has 4 aromatic carbocycles. The summed E-state index contributed by atoms with van der Waals surface area (Å²) >= 11 is 1.38. The van der Waals surface area contributed by atoms with Crippen LogP contribution in [-0.4, -0.2) is 23.5 Å². The number of carbonyl (C=O) groups excluding carboxylic acids is 3. The Morgan fingerprint density at radius 3 is 2.26 bits per heavy atom. The zero-order valence-corrected chi connectivity index (χ0v) is 25.8. The van der Waals surface area contributed by atoms with Crippen molar-refractivity contribution in [3.63, 3.8) is 0 Å². The second-order valence-electron chi connectivity index (χ2n) is 10.5. The first kappa shape index (κ1) is 31.3. The van der Waals surface area contributed by atoms with Gasteiger partial charge in [-0.2, -0.15) is 0 Å². The van der Waals surface area contributed by atoms with Crippen LogP contribution in [0.5, 0.6) is 0 Å². The van der Waals surface area contributed by atoms with Crippen molar-refractivity contribution in [3.8, 4) is 0 Å². The smallest absolute Gasteiger partial charge is 0.272 e. The summed E-state index contributed by atoms with van der Waals surface area (Å²) in [5.74, 6) is -0.328. The van der Waals surface area contributed by atoms with Gasteiger partial charge < -0.3 is 16.0 Å². The van der Waals surface area contributed by atoms with Crippen LogP contribution in [0.3, 0.4) is 0 Å². The summed E-state index contributed by atoms with van der Waals surface area (Å²) in [4.78, 5) is 40.0. The predicted octanol–water partition coefficient (Wildman–Crippen LogP) is 7.82. The van der Waals surface area contributed by atoms with E-state index in [0.29, 0.717) is 17.2 Å². The average Bonchev–Trinajstić information content (AvgIpc) is 3.01. The van der Waals surface area contributed by atoms with Gasteiger partial charge in [-0.15, -0.1) is 11.8 Å². The third kappa shape index (κ3) is 8.93. The summed E-state index contributed by atoms with van der Waals surface area (Å²) in [6.07, 6.45) is 2.50. The fraction of sp³-hybridized carbons (Fsp3) is 0.194. The molecule has 3 amide bonds. The third-order valence-electron chi connectivity index (χ3n) is 6.91. The van der Waals surface area contributed by atoms with E-state index in [-0.39, 0.29) is 23.3 Å². The molecule has 0 unspecified atom stereocenters. The Hall–Kier alpha value is -4.62. The third-order valence-corrected chi connectivity index (χ3v) is 7.90. The van der Waals surface area contributed by atoms with E-state index in [9.17, 15) is 14.4 Å². The first-order valence-electron chi connectivity index (χ1n) is 14.3. The zero-order chi connectivity index (χ0) is 30.8. The molecule has 43 heavy (non-hydrogen) atoms. The monoisotopic (exact) mass is 591 g/mol. The fourth-order valence-electron chi connectivity index (χ4n) is 4.47. The van der Waals surface area contributed by atoms with Crippen LogP contribution in [0.2, 0.25) is 0 Å². The van der Waals surface area contributed by atoms with Crippen molar-refractivity contribution in [2.24, 2.45) is 0 Å². The van der Waals surface area contributed by atoms with E-state index in [2.05, 4.69) is 36.7 Å².